The van der Waals surface area contributed by atoms with Crippen molar-refractivity contribution in [3.63, 3.8) is 0 Å². The summed E-state index contributed by atoms with van der Waals surface area (Å²) in [6.45, 7) is 12.0. The first-order valence-electron chi connectivity index (χ1n) is 17.9. The van der Waals surface area contributed by atoms with Crippen LogP contribution in [0.2, 0.25) is 0 Å². The molecule has 2 fully saturated rings. The Labute approximate surface area is 308 Å². The summed E-state index contributed by atoms with van der Waals surface area (Å²) in [6.07, 6.45) is 5.52. The predicted octanol–water partition coefficient (Wildman–Crippen LogP) is 6.88. The van der Waals surface area contributed by atoms with Crippen molar-refractivity contribution in [1.29, 1.82) is 5.26 Å². The van der Waals surface area contributed by atoms with E-state index in [-0.39, 0.29) is 24.0 Å². The van der Waals surface area contributed by atoms with Gasteiger partial charge in [-0.15, -0.1) is 0 Å². The van der Waals surface area contributed by atoms with Crippen molar-refractivity contribution in [1.82, 2.24) is 20.6 Å². The average molecular weight is 723 g/mol. The molecule has 3 aliphatic heterocycles. The molecule has 0 saturated carbocycles. The molecule has 3 N–H and O–H groups in total. The summed E-state index contributed by atoms with van der Waals surface area (Å²) in [5.74, 6) is -0.697. The Kier molecular flexibility index (Phi) is 12.2. The number of fused-ring (bicyclic) bond motifs is 1. The molecular weight excluding hydrogens is 678 g/mol. The van der Waals surface area contributed by atoms with Gasteiger partial charge < -0.3 is 25.0 Å². The highest BCUT2D eigenvalue weighted by Gasteiger charge is 2.31. The van der Waals surface area contributed by atoms with Crippen molar-refractivity contribution in [3.05, 3.63) is 106 Å². The van der Waals surface area contributed by atoms with Crippen LogP contribution in [0.25, 0.3) is 0 Å². The lowest BCUT2D eigenvalue weighted by Crippen LogP contribution is -2.36. The summed E-state index contributed by atoms with van der Waals surface area (Å²) >= 11 is 0. The lowest BCUT2D eigenvalue weighted by molar-refractivity contribution is -0.0375. The van der Waals surface area contributed by atoms with E-state index in [1.807, 2.05) is 31.2 Å². The van der Waals surface area contributed by atoms with Crippen LogP contribution in [0.3, 0.4) is 0 Å². The van der Waals surface area contributed by atoms with Gasteiger partial charge in [0.05, 0.1) is 34.8 Å². The van der Waals surface area contributed by atoms with Crippen LogP contribution in [0.4, 0.5) is 20.2 Å². The molecule has 13 heteroatoms. The minimum atomic E-state index is -0.472. The van der Waals surface area contributed by atoms with Crippen molar-refractivity contribution in [2.24, 2.45) is 16.0 Å². The number of ether oxygens (including phenoxy) is 2. The number of benzene rings is 2. The van der Waals surface area contributed by atoms with Crippen LogP contribution >= 0.6 is 0 Å². The highest BCUT2D eigenvalue weighted by atomic mass is 19.1. The SMILES string of the molecule is C=Nc1cc(C(=O)NC2=CC(F)=C3NN=C(C)C3C2)ccc1NCCN1CCC(c2cccc(OCc3ccc(C#N)cc3F)n2)CC1.C[C@@H]1CCO1. The summed E-state index contributed by atoms with van der Waals surface area (Å²) in [5, 5.41) is 19.3. The summed E-state index contributed by atoms with van der Waals surface area (Å²) in [7, 11) is 0. The number of hydrazone groups is 1. The third kappa shape index (κ3) is 9.51. The number of nitrogens with zero attached hydrogens (tertiary/aromatic N) is 5. The number of nitriles is 1. The van der Waals surface area contributed by atoms with E-state index in [0.717, 1.165) is 56.2 Å². The second kappa shape index (κ2) is 17.4. The van der Waals surface area contributed by atoms with Crippen molar-refractivity contribution >= 4 is 29.7 Å². The smallest absolute Gasteiger partial charge is 0.255 e. The van der Waals surface area contributed by atoms with Gasteiger partial charge in [0.1, 0.15) is 18.3 Å². The molecule has 53 heavy (non-hydrogen) atoms. The molecule has 0 radical (unpaired) electrons. The molecule has 3 aromatic rings. The van der Waals surface area contributed by atoms with Crippen LogP contribution in [0, 0.1) is 23.1 Å². The fourth-order valence-corrected chi connectivity index (χ4v) is 6.53. The number of rotatable bonds is 11. The molecule has 0 bridgehead atoms. The molecule has 1 aliphatic carbocycles. The highest BCUT2D eigenvalue weighted by Crippen LogP contribution is 2.33. The minimum Gasteiger partial charge on any atom is -0.473 e. The fraction of sp³-hybridized carbons (Fsp3) is 0.375. The van der Waals surface area contributed by atoms with E-state index >= 15 is 0 Å². The second-order valence-electron chi connectivity index (χ2n) is 13.5. The maximum absolute atomic E-state index is 14.5. The van der Waals surface area contributed by atoms with Crippen molar-refractivity contribution in [3.8, 4) is 11.9 Å². The number of hydrogen-bond acceptors (Lipinski definition) is 10. The summed E-state index contributed by atoms with van der Waals surface area (Å²) < 4.78 is 39.5. The molecule has 7 rings (SSSR count). The molecule has 2 atom stereocenters. The Morgan fingerprint density at radius 2 is 1.96 bits per heavy atom. The topological polar surface area (TPSA) is 136 Å². The van der Waals surface area contributed by atoms with Gasteiger partial charge in [-0.05, 0) is 95.4 Å². The van der Waals surface area contributed by atoms with Crippen LogP contribution in [0.5, 0.6) is 5.88 Å². The first-order valence-corrected chi connectivity index (χ1v) is 17.9. The fourth-order valence-electron chi connectivity index (χ4n) is 6.53. The molecule has 2 saturated heterocycles. The third-order valence-corrected chi connectivity index (χ3v) is 9.87. The number of amides is 1. The Morgan fingerprint density at radius 1 is 1.17 bits per heavy atom. The number of anilines is 1. The average Bonchev–Trinajstić information content (AvgIpc) is 3.54. The van der Waals surface area contributed by atoms with E-state index < -0.39 is 11.6 Å². The van der Waals surface area contributed by atoms with Gasteiger partial charge in [0, 0.05) is 72.2 Å². The minimum absolute atomic E-state index is 0.0325. The number of allylic oxidation sites excluding steroid dienone is 4. The Bertz CT molecular complexity index is 1960. The van der Waals surface area contributed by atoms with Gasteiger partial charge in [-0.2, -0.15) is 10.4 Å². The van der Waals surface area contributed by atoms with Crippen molar-refractivity contribution in [2.75, 3.05) is 38.1 Å². The second-order valence-corrected chi connectivity index (χ2v) is 13.5. The van der Waals surface area contributed by atoms with Gasteiger partial charge >= 0.3 is 0 Å². The van der Waals surface area contributed by atoms with E-state index in [4.69, 9.17) is 19.7 Å². The Hall–Kier alpha value is -5.45. The van der Waals surface area contributed by atoms with Crippen molar-refractivity contribution in [2.45, 2.75) is 58.2 Å². The third-order valence-electron chi connectivity index (χ3n) is 9.87. The Morgan fingerprint density at radius 3 is 2.66 bits per heavy atom. The maximum Gasteiger partial charge on any atom is 0.255 e. The van der Waals surface area contributed by atoms with Gasteiger partial charge in [0.15, 0.2) is 0 Å². The summed E-state index contributed by atoms with van der Waals surface area (Å²) in [4.78, 5) is 24.2. The number of carbonyl (C=O) groups excluding carboxylic acids is 1. The number of piperidine rings is 1. The van der Waals surface area contributed by atoms with E-state index in [1.54, 1.807) is 30.3 Å². The zero-order chi connectivity index (χ0) is 37.3. The molecule has 11 nitrogen and oxygen atoms in total. The number of likely N-dealkylation sites (tertiary alicyclic amines) is 1. The van der Waals surface area contributed by atoms with E-state index in [0.29, 0.717) is 59.1 Å². The lowest BCUT2D eigenvalue weighted by Gasteiger charge is -2.31. The van der Waals surface area contributed by atoms with Crippen LogP contribution in [0.1, 0.15) is 72.6 Å². The largest absolute Gasteiger partial charge is 0.473 e. The molecule has 1 unspecified atom stereocenters. The van der Waals surface area contributed by atoms with Crippen LogP contribution in [-0.2, 0) is 11.3 Å². The quantitative estimate of drug-likeness (QED) is 0.182. The molecule has 0 spiro atoms. The number of halogens is 2. The number of carbonyl (C=O) groups is 1. The highest BCUT2D eigenvalue weighted by molar-refractivity contribution is 5.97. The molecular formula is C40H44F2N8O3. The van der Waals surface area contributed by atoms with Crippen LogP contribution in [-0.4, -0.2) is 67.1 Å². The zero-order valence-electron chi connectivity index (χ0n) is 30.0. The van der Waals surface area contributed by atoms with Gasteiger partial charge in [0.25, 0.3) is 5.91 Å². The number of nitrogens with one attached hydrogen (secondary N) is 3. The molecule has 4 heterocycles. The number of aliphatic imine (C=N–C) groups is 1. The van der Waals surface area contributed by atoms with Gasteiger partial charge in [-0.1, -0.05) is 12.1 Å². The lowest BCUT2D eigenvalue weighted by atomic mass is 9.91. The van der Waals surface area contributed by atoms with Crippen LogP contribution < -0.4 is 20.8 Å². The number of aromatic nitrogens is 1. The molecule has 2 aromatic carbocycles. The zero-order valence-corrected chi connectivity index (χ0v) is 30.0. The van der Waals surface area contributed by atoms with Crippen LogP contribution in [0.15, 0.2) is 88.0 Å². The Balaban J connectivity index is 0.000000887. The van der Waals surface area contributed by atoms with Gasteiger partial charge in [-0.3, -0.25) is 15.2 Å². The van der Waals surface area contributed by atoms with E-state index in [1.165, 1.54) is 18.6 Å². The first-order chi connectivity index (χ1) is 25.7. The van der Waals surface area contributed by atoms with Gasteiger partial charge in [-0.25, -0.2) is 13.8 Å². The normalized spacial score (nSPS) is 19.6. The summed E-state index contributed by atoms with van der Waals surface area (Å²) in [6, 6.07) is 17.1. The number of hydrogen-bond donors (Lipinski definition) is 3. The van der Waals surface area contributed by atoms with Crippen molar-refractivity contribution < 1.29 is 23.0 Å². The van der Waals surface area contributed by atoms with E-state index in [9.17, 15) is 13.6 Å². The van der Waals surface area contributed by atoms with E-state index in [2.05, 4.69) is 44.7 Å². The molecule has 1 aromatic heterocycles. The maximum atomic E-state index is 14.5. The van der Waals surface area contributed by atoms with Gasteiger partial charge in [0.2, 0.25) is 5.88 Å². The number of pyridine rings is 1. The summed E-state index contributed by atoms with van der Waals surface area (Å²) in [5.41, 5.74) is 7.78. The monoisotopic (exact) mass is 722 g/mol. The molecule has 4 aliphatic rings. The molecule has 1 amide bonds. The first kappa shape index (κ1) is 37.3. The standard InChI is InChI=1S/C36H36F2N8O2.C4H8O/c1-22-28-18-27(19-30(38)35(28)45-44-22)42-36(47)25-8-9-32(33(17-25)40-2)41-12-15-46-13-10-24(11-14-46)31-4-3-5-34(43-31)48-21-26-7-6-23(20-39)16-29(26)37;1-4-2-3-5-4/h3-9,16-17,19,24,28,41,45H,2,10-15,18,21H2,1H3,(H,42,47);4H,2-3H2,1H3/t;4-/m.1/s1. The molecule has 276 valence electrons. The predicted molar refractivity (Wildman–Crippen MR) is 200 cm³/mol.